The van der Waals surface area contributed by atoms with Gasteiger partial charge in [-0.25, -0.2) is 9.98 Å². The monoisotopic (exact) mass is 208 g/mol. The van der Waals surface area contributed by atoms with E-state index < -0.39 is 4.33 Å². The van der Waals surface area contributed by atoms with Gasteiger partial charge in [-0.05, 0) is 19.3 Å². The van der Waals surface area contributed by atoms with Crippen molar-refractivity contribution >= 4 is 29.2 Å². The molecule has 0 radical (unpaired) electrons. The first-order chi connectivity index (χ1) is 5.62. The van der Waals surface area contributed by atoms with Crippen molar-refractivity contribution in [3.05, 3.63) is 0 Å². The minimum absolute atomic E-state index is 0.584. The fraction of sp³-hybridized carbons (Fsp3) is 0.875. The summed E-state index contributed by atoms with van der Waals surface area (Å²) in [6.45, 7) is 2.66. The molecule has 4 heteroatoms. The third-order valence-corrected chi connectivity index (χ3v) is 2.41. The van der Waals surface area contributed by atoms with Crippen LogP contribution in [0.3, 0.4) is 0 Å². The second-order valence-corrected chi connectivity index (χ2v) is 4.16. The van der Waals surface area contributed by atoms with Gasteiger partial charge >= 0.3 is 0 Å². The van der Waals surface area contributed by atoms with Crippen LogP contribution < -0.4 is 0 Å². The Bertz CT molecular complexity index is 172. The molecule has 0 aromatic carbocycles. The molecule has 0 saturated heterocycles. The SMILES string of the molecule is CCC(Cl)(Cl)CCCN=C=NC. The average molecular weight is 209 g/mol. The smallest absolute Gasteiger partial charge is 0.118 e. The van der Waals surface area contributed by atoms with Crippen LogP contribution in [0.15, 0.2) is 9.98 Å². The number of nitrogens with zero attached hydrogens (tertiary/aromatic N) is 2. The van der Waals surface area contributed by atoms with Gasteiger partial charge in [-0.1, -0.05) is 6.92 Å². The molecule has 0 N–H and O–H groups in total. The van der Waals surface area contributed by atoms with E-state index in [1.807, 2.05) is 6.92 Å². The third-order valence-electron chi connectivity index (χ3n) is 1.50. The Morgan fingerprint density at radius 3 is 2.58 bits per heavy atom. The molecular weight excluding hydrogens is 195 g/mol. The largest absolute Gasteiger partial charge is 0.229 e. The fourth-order valence-electron chi connectivity index (χ4n) is 0.714. The number of hydrogen-bond donors (Lipinski definition) is 0. The van der Waals surface area contributed by atoms with E-state index in [-0.39, 0.29) is 0 Å². The van der Waals surface area contributed by atoms with Crippen LogP contribution in [0.2, 0.25) is 0 Å². The Kier molecular flexibility index (Phi) is 6.45. The molecule has 2 nitrogen and oxygen atoms in total. The minimum atomic E-state index is -0.584. The van der Waals surface area contributed by atoms with Gasteiger partial charge in [-0.2, -0.15) is 0 Å². The fourth-order valence-corrected chi connectivity index (χ4v) is 0.981. The summed E-state index contributed by atoms with van der Waals surface area (Å²) in [4.78, 5) is 7.50. The summed E-state index contributed by atoms with van der Waals surface area (Å²) in [5.74, 6) is 0. The van der Waals surface area contributed by atoms with Crippen LogP contribution in [0.5, 0.6) is 0 Å². The van der Waals surface area contributed by atoms with Crippen molar-refractivity contribution in [2.75, 3.05) is 13.6 Å². The van der Waals surface area contributed by atoms with Crippen LogP contribution in [0, 0.1) is 0 Å². The Labute approximate surface area is 83.7 Å². The van der Waals surface area contributed by atoms with Crippen molar-refractivity contribution in [2.45, 2.75) is 30.5 Å². The van der Waals surface area contributed by atoms with E-state index in [1.54, 1.807) is 7.05 Å². The number of aliphatic imine (C=N–C) groups is 2. The van der Waals surface area contributed by atoms with E-state index in [9.17, 15) is 0 Å². The standard InChI is InChI=1S/C8H14Cl2N2/c1-3-8(9,10)5-4-6-12-7-11-2/h3-6H2,1-2H3. The molecule has 0 aliphatic carbocycles. The highest BCUT2D eigenvalue weighted by Crippen LogP contribution is 2.29. The van der Waals surface area contributed by atoms with E-state index in [4.69, 9.17) is 23.2 Å². The molecular formula is C8H14Cl2N2. The maximum atomic E-state index is 5.91. The van der Waals surface area contributed by atoms with Gasteiger partial charge in [0.2, 0.25) is 0 Å². The lowest BCUT2D eigenvalue weighted by molar-refractivity contribution is 0.637. The number of halogens is 2. The molecule has 0 fully saturated rings. The molecule has 0 rings (SSSR count). The number of alkyl halides is 2. The van der Waals surface area contributed by atoms with Crippen molar-refractivity contribution in [1.82, 2.24) is 0 Å². The lowest BCUT2D eigenvalue weighted by Crippen LogP contribution is -2.10. The predicted octanol–water partition coefficient (Wildman–Crippen LogP) is 3.15. The third kappa shape index (κ3) is 6.66. The average Bonchev–Trinajstić information content (AvgIpc) is 2.04. The van der Waals surface area contributed by atoms with Crippen LogP contribution in [0.1, 0.15) is 26.2 Å². The van der Waals surface area contributed by atoms with Gasteiger partial charge < -0.3 is 0 Å². The van der Waals surface area contributed by atoms with E-state index in [2.05, 4.69) is 16.0 Å². The summed E-state index contributed by atoms with van der Waals surface area (Å²) in [5.41, 5.74) is 0. The lowest BCUT2D eigenvalue weighted by Gasteiger charge is -2.15. The Hall–Kier alpha value is -0.0400. The maximum Gasteiger partial charge on any atom is 0.118 e. The zero-order valence-electron chi connectivity index (χ0n) is 7.48. The summed E-state index contributed by atoms with van der Waals surface area (Å²) < 4.78 is -0.584. The molecule has 0 saturated carbocycles. The minimum Gasteiger partial charge on any atom is -0.229 e. The summed E-state index contributed by atoms with van der Waals surface area (Å²) in [7, 11) is 1.64. The topological polar surface area (TPSA) is 24.7 Å². The van der Waals surface area contributed by atoms with Crippen molar-refractivity contribution in [3.63, 3.8) is 0 Å². The molecule has 0 atom stereocenters. The van der Waals surface area contributed by atoms with E-state index >= 15 is 0 Å². The zero-order valence-corrected chi connectivity index (χ0v) is 8.99. The molecule has 0 aliphatic rings. The zero-order chi connectivity index (χ0) is 9.45. The van der Waals surface area contributed by atoms with E-state index in [0.29, 0.717) is 6.54 Å². The Morgan fingerprint density at radius 2 is 2.08 bits per heavy atom. The second kappa shape index (κ2) is 6.47. The second-order valence-electron chi connectivity index (χ2n) is 2.52. The van der Waals surface area contributed by atoms with Crippen LogP contribution in [0.25, 0.3) is 0 Å². The van der Waals surface area contributed by atoms with Gasteiger partial charge in [0.1, 0.15) is 4.33 Å². The summed E-state index contributed by atoms with van der Waals surface area (Å²) in [6, 6.07) is 2.52. The number of rotatable bonds is 5. The molecule has 0 heterocycles. The Morgan fingerprint density at radius 1 is 1.42 bits per heavy atom. The van der Waals surface area contributed by atoms with Gasteiger partial charge in [-0.15, -0.1) is 23.2 Å². The normalized spacial score (nSPS) is 10.7. The molecule has 0 aromatic heterocycles. The Balaban J connectivity index is 3.50. The van der Waals surface area contributed by atoms with E-state index in [0.717, 1.165) is 19.3 Å². The van der Waals surface area contributed by atoms with Crippen LogP contribution in [0.4, 0.5) is 0 Å². The van der Waals surface area contributed by atoms with Crippen molar-refractivity contribution < 1.29 is 0 Å². The van der Waals surface area contributed by atoms with Crippen LogP contribution >= 0.6 is 23.2 Å². The highest BCUT2D eigenvalue weighted by molar-refractivity contribution is 6.48. The van der Waals surface area contributed by atoms with Gasteiger partial charge in [0.25, 0.3) is 0 Å². The molecule has 12 heavy (non-hydrogen) atoms. The first-order valence-electron chi connectivity index (χ1n) is 4.00. The lowest BCUT2D eigenvalue weighted by atomic mass is 10.2. The summed E-state index contributed by atoms with van der Waals surface area (Å²) >= 11 is 11.8. The van der Waals surface area contributed by atoms with Gasteiger partial charge in [0.15, 0.2) is 0 Å². The maximum absolute atomic E-state index is 5.91. The molecule has 0 amide bonds. The predicted molar refractivity (Wildman–Crippen MR) is 54.6 cm³/mol. The van der Waals surface area contributed by atoms with Gasteiger partial charge in [0.05, 0.1) is 12.6 Å². The number of hydrogen-bond acceptors (Lipinski definition) is 2. The van der Waals surface area contributed by atoms with Crippen molar-refractivity contribution in [1.29, 1.82) is 0 Å². The first-order valence-corrected chi connectivity index (χ1v) is 4.76. The van der Waals surface area contributed by atoms with Gasteiger partial charge in [-0.3, -0.25) is 0 Å². The summed E-state index contributed by atoms with van der Waals surface area (Å²) in [5, 5.41) is 0. The molecule has 70 valence electrons. The van der Waals surface area contributed by atoms with Crippen LogP contribution in [-0.4, -0.2) is 23.9 Å². The van der Waals surface area contributed by atoms with Crippen molar-refractivity contribution in [3.8, 4) is 0 Å². The van der Waals surface area contributed by atoms with Gasteiger partial charge in [0, 0.05) is 7.05 Å². The summed E-state index contributed by atoms with van der Waals surface area (Å²) in [6.07, 6.45) is 2.41. The van der Waals surface area contributed by atoms with Crippen LogP contribution in [-0.2, 0) is 0 Å². The molecule has 0 aromatic rings. The highest BCUT2D eigenvalue weighted by Gasteiger charge is 2.19. The highest BCUT2D eigenvalue weighted by atomic mass is 35.5. The molecule has 0 bridgehead atoms. The quantitative estimate of drug-likeness (QED) is 0.377. The molecule has 0 spiro atoms. The molecule has 0 unspecified atom stereocenters. The van der Waals surface area contributed by atoms with E-state index in [1.165, 1.54) is 0 Å². The first kappa shape index (κ1) is 12.0. The van der Waals surface area contributed by atoms with Crippen molar-refractivity contribution in [2.24, 2.45) is 9.98 Å². The molecule has 0 aliphatic heterocycles.